The number of aryl methyl sites for hydroxylation is 2. The second-order valence-electron chi connectivity index (χ2n) is 27.6. The van der Waals surface area contributed by atoms with E-state index >= 15 is 0 Å². The van der Waals surface area contributed by atoms with Crippen LogP contribution in [0.3, 0.4) is 0 Å². The molecular weight excluding hydrogens is 1150 g/mol. The average molecular weight is 1290 g/mol. The van der Waals surface area contributed by atoms with Crippen LogP contribution >= 0.6 is 0 Å². The molecule has 0 aromatic heterocycles. The van der Waals surface area contributed by atoms with Crippen molar-refractivity contribution < 1.29 is 25.9 Å². The minimum Gasteiger partial charge on any atom is -0.744 e. The van der Waals surface area contributed by atoms with E-state index in [2.05, 4.69) is 13.8 Å². The van der Waals surface area contributed by atoms with Gasteiger partial charge in [-0.3, -0.25) is 0 Å². The Bertz CT molecular complexity index is 1780. The maximum absolute atomic E-state index is 11.0. The molecule has 0 N–H and O–H groups in total. The molecule has 89 heavy (non-hydrogen) atoms. The van der Waals surface area contributed by atoms with E-state index in [-0.39, 0.29) is 32.8 Å². The first-order valence-corrected chi connectivity index (χ1v) is 42.0. The molecule has 0 aliphatic carbocycles. The molecule has 516 valence electrons. The van der Waals surface area contributed by atoms with E-state index in [0.29, 0.717) is 0 Å². The normalized spacial score (nSPS) is 11.7. The Balaban J connectivity index is 0.00000172. The minimum atomic E-state index is -4.33. The van der Waals surface area contributed by atoms with Crippen molar-refractivity contribution >= 4 is 43.3 Å². The van der Waals surface area contributed by atoms with E-state index in [9.17, 15) is 25.9 Å². The predicted octanol–water partition coefficient (Wildman–Crippen LogP) is 26.9. The SMILES string of the molecule is CCCCCCCCCCCCCCCCCCCCCCCCCCCCCCCCCCc1ccc(S(=O)(=O)[O-])cc1.CCCCCCCCCCCCCCCCCCCCCCCCCCCCCCCCCCc1ccc(S(=O)(=O)[O-])cc1.[Mg+2]. The van der Waals surface area contributed by atoms with Gasteiger partial charge in [-0.05, 0) is 61.1 Å². The number of unbranched alkanes of at least 4 members (excludes halogenated alkanes) is 62. The van der Waals surface area contributed by atoms with Crippen molar-refractivity contribution in [3.63, 3.8) is 0 Å². The average Bonchev–Trinajstić information content (AvgIpc) is 3.69. The molecule has 0 aliphatic rings. The van der Waals surface area contributed by atoms with Crippen LogP contribution in [0.5, 0.6) is 0 Å². The van der Waals surface area contributed by atoms with E-state index in [0.717, 1.165) is 36.8 Å². The van der Waals surface area contributed by atoms with E-state index in [1.807, 2.05) is 0 Å². The van der Waals surface area contributed by atoms with Gasteiger partial charge in [0, 0.05) is 0 Å². The fourth-order valence-corrected chi connectivity index (χ4v) is 14.0. The van der Waals surface area contributed by atoms with Gasteiger partial charge in [0.25, 0.3) is 0 Å². The van der Waals surface area contributed by atoms with E-state index in [1.165, 1.54) is 422 Å². The smallest absolute Gasteiger partial charge is 0.744 e. The van der Waals surface area contributed by atoms with Gasteiger partial charge in [0.2, 0.25) is 0 Å². The third kappa shape index (κ3) is 64.2. The Kier molecular flexibility index (Phi) is 67.7. The Morgan fingerprint density at radius 1 is 0.202 bits per heavy atom. The van der Waals surface area contributed by atoms with Gasteiger partial charge in [0.1, 0.15) is 20.2 Å². The second kappa shape index (κ2) is 68.4. The summed E-state index contributed by atoms with van der Waals surface area (Å²) in [4.78, 5) is -0.264. The van der Waals surface area contributed by atoms with Crippen LogP contribution in [-0.4, -0.2) is 49.0 Å². The van der Waals surface area contributed by atoms with E-state index in [1.54, 1.807) is 24.3 Å². The molecule has 0 atom stereocenters. The van der Waals surface area contributed by atoms with E-state index < -0.39 is 20.2 Å². The quantitative estimate of drug-likeness (QED) is 0.0370. The van der Waals surface area contributed by atoms with Crippen LogP contribution in [0, 0.1) is 0 Å². The van der Waals surface area contributed by atoms with Crippen molar-refractivity contribution in [1.82, 2.24) is 0 Å². The molecule has 2 rings (SSSR count). The molecule has 0 saturated heterocycles. The Hall–Kier alpha value is -0.974. The molecule has 0 heterocycles. The summed E-state index contributed by atoms with van der Waals surface area (Å²) in [5, 5.41) is 0. The zero-order valence-electron chi connectivity index (χ0n) is 59.3. The molecule has 0 saturated carbocycles. The van der Waals surface area contributed by atoms with E-state index in [4.69, 9.17) is 0 Å². The van der Waals surface area contributed by atoms with Gasteiger partial charge in [0.15, 0.2) is 0 Å². The van der Waals surface area contributed by atoms with Gasteiger partial charge in [0.05, 0.1) is 9.79 Å². The molecule has 2 aromatic rings. The molecule has 0 amide bonds. The first-order chi connectivity index (χ1) is 43.1. The summed E-state index contributed by atoms with van der Waals surface area (Å²) in [6.07, 6.45) is 92.8. The van der Waals surface area contributed by atoms with Crippen molar-refractivity contribution in [2.24, 2.45) is 0 Å². The first-order valence-electron chi connectivity index (χ1n) is 39.2. The molecule has 6 nitrogen and oxygen atoms in total. The molecule has 0 bridgehead atoms. The molecule has 0 aliphatic heterocycles. The zero-order valence-corrected chi connectivity index (χ0v) is 62.3. The van der Waals surface area contributed by atoms with Crippen molar-refractivity contribution in [2.45, 2.75) is 447 Å². The summed E-state index contributed by atoms with van der Waals surface area (Å²) in [5.41, 5.74) is 2.23. The van der Waals surface area contributed by atoms with Crippen molar-refractivity contribution in [3.8, 4) is 0 Å². The van der Waals surface area contributed by atoms with Gasteiger partial charge in [-0.25, -0.2) is 16.8 Å². The van der Waals surface area contributed by atoms with Crippen LogP contribution in [0.15, 0.2) is 58.3 Å². The second-order valence-corrected chi connectivity index (χ2v) is 30.4. The summed E-state index contributed by atoms with van der Waals surface area (Å²) < 4.78 is 66.0. The van der Waals surface area contributed by atoms with Gasteiger partial charge >= 0.3 is 23.1 Å². The predicted molar refractivity (Wildman–Crippen MR) is 389 cm³/mol. The monoisotopic (exact) mass is 1290 g/mol. The third-order valence-corrected chi connectivity index (χ3v) is 20.8. The van der Waals surface area contributed by atoms with Crippen molar-refractivity contribution in [2.75, 3.05) is 0 Å². The van der Waals surface area contributed by atoms with Crippen LogP contribution in [-0.2, 0) is 33.1 Å². The Morgan fingerprint density at radius 2 is 0.315 bits per heavy atom. The first kappa shape index (κ1) is 88.0. The molecule has 0 unspecified atom stereocenters. The van der Waals surface area contributed by atoms with Gasteiger partial charge in [-0.1, -0.05) is 436 Å². The van der Waals surface area contributed by atoms with Crippen LogP contribution in [0.2, 0.25) is 0 Å². The molecule has 2 aromatic carbocycles. The zero-order chi connectivity index (χ0) is 63.6. The number of benzene rings is 2. The third-order valence-electron chi connectivity index (χ3n) is 19.1. The topological polar surface area (TPSA) is 114 Å². The van der Waals surface area contributed by atoms with Crippen LogP contribution in [0.25, 0.3) is 0 Å². The maximum Gasteiger partial charge on any atom is 2.00 e. The molecule has 0 spiro atoms. The summed E-state index contributed by atoms with van der Waals surface area (Å²) in [6.45, 7) is 4.60. The summed E-state index contributed by atoms with van der Waals surface area (Å²) in [5.74, 6) is 0. The fourth-order valence-electron chi connectivity index (χ4n) is 13.1. The molecular formula is C80H146MgO6S2. The summed E-state index contributed by atoms with van der Waals surface area (Å²) in [6, 6.07) is 12.8. The van der Waals surface area contributed by atoms with Crippen molar-refractivity contribution in [3.05, 3.63) is 59.7 Å². The summed E-state index contributed by atoms with van der Waals surface area (Å²) >= 11 is 0. The van der Waals surface area contributed by atoms with Gasteiger partial charge < -0.3 is 9.11 Å². The van der Waals surface area contributed by atoms with Gasteiger partial charge in [-0.15, -0.1) is 0 Å². The molecule has 9 heteroatoms. The standard InChI is InChI=1S/2C40H74O3S.Mg/c2*1-2-3-4-5-6-7-8-9-10-11-12-13-14-15-16-17-18-19-20-21-22-23-24-25-26-27-28-29-30-31-32-33-34-39-35-37-40(38-36-39)44(41,42)43;/h2*35-38H,2-34H2,1H3,(H,41,42,43);/q;;+2/p-2. The Morgan fingerprint density at radius 3 is 0.427 bits per heavy atom. The minimum absolute atomic E-state index is 0. The van der Waals surface area contributed by atoms with Crippen LogP contribution in [0.4, 0.5) is 0 Å². The molecule has 0 radical (unpaired) electrons. The molecule has 0 fully saturated rings. The fraction of sp³-hybridized carbons (Fsp3) is 0.850. The van der Waals surface area contributed by atoms with Crippen molar-refractivity contribution in [1.29, 1.82) is 0 Å². The number of hydrogen-bond donors (Lipinski definition) is 0. The maximum atomic E-state index is 11.0. The number of rotatable bonds is 68. The van der Waals surface area contributed by atoms with Crippen LogP contribution < -0.4 is 0 Å². The van der Waals surface area contributed by atoms with Gasteiger partial charge in [-0.2, -0.15) is 0 Å². The number of hydrogen-bond acceptors (Lipinski definition) is 6. The summed E-state index contributed by atoms with van der Waals surface area (Å²) in [7, 11) is -8.66. The van der Waals surface area contributed by atoms with Crippen LogP contribution in [0.1, 0.15) is 436 Å². The largest absolute Gasteiger partial charge is 2.00 e. The Labute approximate surface area is 572 Å².